The van der Waals surface area contributed by atoms with Crippen LogP contribution in [0.25, 0.3) is 0 Å². The average Bonchev–Trinajstić information content (AvgIpc) is 2.59. The van der Waals surface area contributed by atoms with Crippen LogP contribution in [0.5, 0.6) is 0 Å². The fourth-order valence-corrected chi connectivity index (χ4v) is 3.10. The fourth-order valence-electron chi connectivity index (χ4n) is 3.10. The summed E-state index contributed by atoms with van der Waals surface area (Å²) in [5.74, 6) is -0.0272. The number of amides is 1. The van der Waals surface area contributed by atoms with E-state index < -0.39 is 0 Å². The van der Waals surface area contributed by atoms with E-state index in [1.165, 1.54) is 0 Å². The van der Waals surface area contributed by atoms with Crippen LogP contribution in [-0.4, -0.2) is 61.2 Å². The second-order valence-electron chi connectivity index (χ2n) is 8.93. The summed E-state index contributed by atoms with van der Waals surface area (Å²) in [6.45, 7) is 15.4. The molecule has 0 saturated carbocycles. The highest BCUT2D eigenvalue weighted by Crippen LogP contribution is 2.12. The lowest BCUT2D eigenvalue weighted by Gasteiger charge is -2.32. The number of hydrogen-bond acceptors (Lipinski definition) is 5. The summed E-state index contributed by atoms with van der Waals surface area (Å²) in [5.41, 5.74) is 13.1. The van der Waals surface area contributed by atoms with Crippen molar-refractivity contribution in [1.82, 2.24) is 15.5 Å². The largest absolute Gasteiger partial charge is 0.347 e. The van der Waals surface area contributed by atoms with Gasteiger partial charge in [-0.2, -0.15) is 0 Å². The van der Waals surface area contributed by atoms with Gasteiger partial charge in [-0.1, -0.05) is 17.7 Å². The first kappa shape index (κ1) is 24.6. The molecule has 1 aromatic carbocycles. The molecule has 1 amide bonds. The predicted molar refractivity (Wildman–Crippen MR) is 119 cm³/mol. The maximum Gasteiger partial charge on any atom is 0.251 e. The Kier molecular flexibility index (Phi) is 10.1. The quantitative estimate of drug-likeness (QED) is 0.412. The molecule has 0 atom stereocenters. The van der Waals surface area contributed by atoms with E-state index in [2.05, 4.69) is 43.2 Å². The molecule has 6 nitrogen and oxygen atoms in total. The number of benzene rings is 1. The predicted octanol–water partition coefficient (Wildman–Crippen LogP) is 1.87. The van der Waals surface area contributed by atoms with E-state index in [9.17, 15) is 4.79 Å². The van der Waals surface area contributed by atoms with Gasteiger partial charge in [-0.15, -0.1) is 0 Å². The van der Waals surface area contributed by atoms with Crippen molar-refractivity contribution in [3.63, 3.8) is 0 Å². The van der Waals surface area contributed by atoms with Gasteiger partial charge in [0.1, 0.15) is 0 Å². The van der Waals surface area contributed by atoms with Crippen molar-refractivity contribution >= 4 is 5.91 Å². The molecule has 0 saturated heterocycles. The van der Waals surface area contributed by atoms with E-state index in [0.29, 0.717) is 18.7 Å². The minimum atomic E-state index is -0.291. The molecule has 0 aliphatic carbocycles. The highest BCUT2D eigenvalue weighted by atomic mass is 16.1. The lowest BCUT2D eigenvalue weighted by Crippen LogP contribution is -2.48. The summed E-state index contributed by atoms with van der Waals surface area (Å²) in [4.78, 5) is 14.9. The molecule has 0 fully saturated rings. The lowest BCUT2D eigenvalue weighted by molar-refractivity contribution is 0.0902. The van der Waals surface area contributed by atoms with E-state index in [0.717, 1.165) is 44.6 Å². The van der Waals surface area contributed by atoms with Crippen molar-refractivity contribution in [3.05, 3.63) is 35.4 Å². The van der Waals surface area contributed by atoms with Crippen LogP contribution in [0.4, 0.5) is 0 Å². The van der Waals surface area contributed by atoms with Crippen molar-refractivity contribution in [2.24, 2.45) is 11.5 Å². The average molecular weight is 392 g/mol. The van der Waals surface area contributed by atoms with Gasteiger partial charge in [-0.25, -0.2) is 0 Å². The van der Waals surface area contributed by atoms with Gasteiger partial charge in [-0.3, -0.25) is 4.79 Å². The smallest absolute Gasteiger partial charge is 0.251 e. The number of nitrogens with two attached hydrogens (primary N) is 2. The molecule has 0 heterocycles. The summed E-state index contributed by atoms with van der Waals surface area (Å²) in [6, 6.07) is 7.67. The molecule has 0 aliphatic rings. The molecule has 0 aromatic heterocycles. The number of nitrogens with zero attached hydrogens (tertiary/aromatic N) is 1. The van der Waals surface area contributed by atoms with Crippen LogP contribution in [-0.2, 0) is 0 Å². The number of aryl methyl sites for hydroxylation is 1. The van der Waals surface area contributed by atoms with Gasteiger partial charge in [0.05, 0.1) is 0 Å². The third-order valence-corrected chi connectivity index (χ3v) is 5.06. The fraction of sp³-hybridized carbons (Fsp3) is 0.682. The summed E-state index contributed by atoms with van der Waals surface area (Å²) in [7, 11) is 0. The van der Waals surface area contributed by atoms with Crippen molar-refractivity contribution in [2.45, 2.75) is 58.5 Å². The van der Waals surface area contributed by atoms with Crippen LogP contribution >= 0.6 is 0 Å². The van der Waals surface area contributed by atoms with Crippen LogP contribution < -0.4 is 22.1 Å². The van der Waals surface area contributed by atoms with Crippen molar-refractivity contribution in [3.8, 4) is 0 Å². The topological polar surface area (TPSA) is 96.4 Å². The maximum atomic E-state index is 12.5. The summed E-state index contributed by atoms with van der Waals surface area (Å²) >= 11 is 0. The molecular weight excluding hydrogens is 350 g/mol. The molecule has 6 N–H and O–H groups in total. The number of carbonyl (C=O) groups is 1. The van der Waals surface area contributed by atoms with Crippen molar-refractivity contribution in [1.29, 1.82) is 0 Å². The van der Waals surface area contributed by atoms with Gasteiger partial charge in [0.25, 0.3) is 5.91 Å². The van der Waals surface area contributed by atoms with Crippen LogP contribution in [0.15, 0.2) is 24.3 Å². The van der Waals surface area contributed by atoms with Crippen LogP contribution in [0.2, 0.25) is 0 Å². The Bertz CT molecular complexity index is 583. The van der Waals surface area contributed by atoms with Gasteiger partial charge < -0.3 is 27.0 Å². The Morgan fingerprint density at radius 2 is 1.57 bits per heavy atom. The summed E-state index contributed by atoms with van der Waals surface area (Å²) in [5, 5.41) is 6.73. The Morgan fingerprint density at radius 3 is 2.14 bits per heavy atom. The van der Waals surface area contributed by atoms with E-state index in [4.69, 9.17) is 11.5 Å². The van der Waals surface area contributed by atoms with E-state index >= 15 is 0 Å². The first-order chi connectivity index (χ1) is 13.1. The number of rotatable bonds is 13. The minimum absolute atomic E-state index is 0.0272. The first-order valence-corrected chi connectivity index (χ1v) is 10.4. The van der Waals surface area contributed by atoms with Crippen LogP contribution in [0.1, 0.15) is 56.5 Å². The van der Waals surface area contributed by atoms with E-state index in [1.54, 1.807) is 0 Å². The molecule has 28 heavy (non-hydrogen) atoms. The third kappa shape index (κ3) is 9.64. The molecule has 0 radical (unpaired) electrons. The number of hydrogen-bond donors (Lipinski definition) is 4. The first-order valence-electron chi connectivity index (χ1n) is 10.4. The Labute approximate surface area is 171 Å². The molecule has 1 aromatic rings. The van der Waals surface area contributed by atoms with Gasteiger partial charge in [0.15, 0.2) is 0 Å². The monoisotopic (exact) mass is 391 g/mol. The molecule has 0 aliphatic heterocycles. The lowest BCUT2D eigenvalue weighted by atomic mass is 9.99. The number of nitrogens with one attached hydrogen (secondary N) is 2. The second-order valence-corrected chi connectivity index (χ2v) is 8.93. The molecule has 160 valence electrons. The Balaban J connectivity index is 2.51. The highest BCUT2D eigenvalue weighted by molar-refractivity contribution is 5.94. The zero-order valence-electron chi connectivity index (χ0n) is 18.5. The summed E-state index contributed by atoms with van der Waals surface area (Å²) in [6.07, 6.45) is 1.80. The Hall–Kier alpha value is -1.47. The molecule has 0 bridgehead atoms. The molecule has 0 spiro atoms. The normalized spacial score (nSPS) is 12.4. The molecule has 1 rings (SSSR count). The van der Waals surface area contributed by atoms with E-state index in [-0.39, 0.29) is 17.0 Å². The zero-order valence-corrected chi connectivity index (χ0v) is 18.5. The zero-order chi connectivity index (χ0) is 21.2. The van der Waals surface area contributed by atoms with Crippen LogP contribution in [0.3, 0.4) is 0 Å². The SMILES string of the molecule is Cc1ccc(C(=O)NC(C)(C)CCN(CCN)CCNC(C)(C)CCN)cc1. The van der Waals surface area contributed by atoms with Gasteiger partial charge in [-0.05, 0) is 66.1 Å². The molecule has 6 heteroatoms. The van der Waals surface area contributed by atoms with E-state index in [1.807, 2.05) is 31.2 Å². The second kappa shape index (κ2) is 11.5. The van der Waals surface area contributed by atoms with Gasteiger partial charge in [0, 0.05) is 49.4 Å². The number of carbonyl (C=O) groups excluding carboxylic acids is 1. The Morgan fingerprint density at radius 1 is 0.929 bits per heavy atom. The van der Waals surface area contributed by atoms with Gasteiger partial charge in [0.2, 0.25) is 0 Å². The summed E-state index contributed by atoms with van der Waals surface area (Å²) < 4.78 is 0. The minimum Gasteiger partial charge on any atom is -0.347 e. The molecular formula is C22H41N5O. The van der Waals surface area contributed by atoms with Gasteiger partial charge >= 0.3 is 0 Å². The maximum absolute atomic E-state index is 12.5. The third-order valence-electron chi connectivity index (χ3n) is 5.06. The molecule has 0 unspecified atom stereocenters. The van der Waals surface area contributed by atoms with Crippen LogP contribution in [0, 0.1) is 6.92 Å². The van der Waals surface area contributed by atoms with Crippen molar-refractivity contribution in [2.75, 3.05) is 39.3 Å². The van der Waals surface area contributed by atoms with Crippen molar-refractivity contribution < 1.29 is 4.79 Å². The highest BCUT2D eigenvalue weighted by Gasteiger charge is 2.22. The standard InChI is InChI=1S/C22H41N5O/c1-18-6-8-19(9-7-18)20(28)26-22(4,5)11-15-27(16-13-24)17-14-25-21(2,3)10-12-23/h6-9,25H,10-17,23-24H2,1-5H3,(H,26,28).